The van der Waals surface area contributed by atoms with Crippen molar-refractivity contribution in [2.24, 2.45) is 0 Å². The van der Waals surface area contributed by atoms with Crippen LogP contribution in [0.5, 0.6) is 5.75 Å². The van der Waals surface area contributed by atoms with Gasteiger partial charge in [0.25, 0.3) is 0 Å². The van der Waals surface area contributed by atoms with E-state index < -0.39 is 0 Å². The highest BCUT2D eigenvalue weighted by atomic mass is 16.5. The molecule has 0 amide bonds. The van der Waals surface area contributed by atoms with Gasteiger partial charge in [-0.05, 0) is 36.2 Å². The summed E-state index contributed by atoms with van der Waals surface area (Å²) in [4.78, 5) is 2.32. The minimum Gasteiger partial charge on any atom is -0.491 e. The van der Waals surface area contributed by atoms with Gasteiger partial charge in [0, 0.05) is 13.1 Å². The van der Waals surface area contributed by atoms with Crippen LogP contribution in [0.15, 0.2) is 48.5 Å². The first-order chi connectivity index (χ1) is 9.86. The van der Waals surface area contributed by atoms with Crippen LogP contribution in [0.3, 0.4) is 0 Å². The maximum Gasteiger partial charge on any atom is 0.142 e. The second kappa shape index (κ2) is 5.66. The molecule has 0 atom stereocenters. The van der Waals surface area contributed by atoms with Crippen LogP contribution < -0.4 is 9.64 Å². The molecule has 0 fully saturated rings. The van der Waals surface area contributed by atoms with E-state index >= 15 is 0 Å². The molecule has 0 aromatic heterocycles. The van der Waals surface area contributed by atoms with Crippen molar-refractivity contribution in [3.63, 3.8) is 0 Å². The van der Waals surface area contributed by atoms with Gasteiger partial charge in [0.05, 0.1) is 23.9 Å². The zero-order chi connectivity index (χ0) is 13.8. The Labute approximate surface area is 119 Å². The van der Waals surface area contributed by atoms with E-state index in [0.29, 0.717) is 5.56 Å². The van der Waals surface area contributed by atoms with E-state index in [0.717, 1.165) is 43.1 Å². The predicted octanol–water partition coefficient (Wildman–Crippen LogP) is 3.35. The number of fused-ring (bicyclic) bond motifs is 1. The Morgan fingerprint density at radius 1 is 1.15 bits per heavy atom. The summed E-state index contributed by atoms with van der Waals surface area (Å²) in [6, 6.07) is 18.1. The molecule has 0 N–H and O–H groups in total. The number of anilines is 1. The maximum atomic E-state index is 8.99. The number of para-hydroxylation sites is 2. The zero-order valence-electron chi connectivity index (χ0n) is 11.2. The minimum atomic E-state index is 0.710. The van der Waals surface area contributed by atoms with Gasteiger partial charge in [-0.25, -0.2) is 0 Å². The second-order valence-corrected chi connectivity index (χ2v) is 4.90. The Morgan fingerprint density at radius 2 is 2.05 bits per heavy atom. The Balaban J connectivity index is 1.88. The van der Waals surface area contributed by atoms with Crippen molar-refractivity contribution in [2.75, 3.05) is 18.1 Å². The first-order valence-corrected chi connectivity index (χ1v) is 6.82. The lowest BCUT2D eigenvalue weighted by atomic mass is 10.1. The summed E-state index contributed by atoms with van der Waals surface area (Å²) in [6.45, 7) is 2.52. The van der Waals surface area contributed by atoms with E-state index in [1.165, 1.54) is 0 Å². The molecule has 1 heterocycles. The van der Waals surface area contributed by atoms with E-state index in [1.807, 2.05) is 36.4 Å². The summed E-state index contributed by atoms with van der Waals surface area (Å²) in [5.74, 6) is 0.946. The number of hydrogen-bond acceptors (Lipinski definition) is 3. The van der Waals surface area contributed by atoms with E-state index in [1.54, 1.807) is 0 Å². The van der Waals surface area contributed by atoms with Gasteiger partial charge in [0.1, 0.15) is 5.75 Å². The lowest BCUT2D eigenvalue weighted by Crippen LogP contribution is -2.23. The first kappa shape index (κ1) is 12.6. The third-order valence-corrected chi connectivity index (χ3v) is 3.47. The van der Waals surface area contributed by atoms with Crippen LogP contribution in [-0.4, -0.2) is 13.2 Å². The van der Waals surface area contributed by atoms with Crippen molar-refractivity contribution in [2.45, 2.75) is 13.0 Å². The molecule has 0 radical (unpaired) electrons. The van der Waals surface area contributed by atoms with Crippen molar-refractivity contribution in [3.8, 4) is 11.8 Å². The Morgan fingerprint density at radius 3 is 2.95 bits per heavy atom. The lowest BCUT2D eigenvalue weighted by Gasteiger charge is -2.23. The van der Waals surface area contributed by atoms with Crippen LogP contribution >= 0.6 is 0 Å². The minimum absolute atomic E-state index is 0.710. The third kappa shape index (κ3) is 2.60. The van der Waals surface area contributed by atoms with Crippen molar-refractivity contribution in [3.05, 3.63) is 59.7 Å². The van der Waals surface area contributed by atoms with Gasteiger partial charge in [-0.15, -0.1) is 0 Å². The van der Waals surface area contributed by atoms with E-state index in [9.17, 15) is 0 Å². The Hall–Kier alpha value is -2.47. The molecule has 0 saturated heterocycles. The average molecular weight is 264 g/mol. The monoisotopic (exact) mass is 264 g/mol. The molecule has 1 aliphatic rings. The number of rotatable bonds is 2. The van der Waals surface area contributed by atoms with Crippen LogP contribution in [-0.2, 0) is 6.54 Å². The molecule has 1 aliphatic heterocycles. The van der Waals surface area contributed by atoms with Gasteiger partial charge in [0.2, 0.25) is 0 Å². The summed E-state index contributed by atoms with van der Waals surface area (Å²) in [7, 11) is 0. The Bertz CT molecular complexity index is 645. The van der Waals surface area contributed by atoms with Crippen molar-refractivity contribution < 1.29 is 4.74 Å². The van der Waals surface area contributed by atoms with Gasteiger partial charge < -0.3 is 9.64 Å². The summed E-state index contributed by atoms with van der Waals surface area (Å²) >= 11 is 0. The fraction of sp³-hybridized carbons (Fsp3) is 0.235. The highest BCUT2D eigenvalue weighted by Crippen LogP contribution is 2.31. The van der Waals surface area contributed by atoms with E-state index in [4.69, 9.17) is 10.00 Å². The molecule has 2 aromatic rings. The number of nitrogens with zero attached hydrogens (tertiary/aromatic N) is 2. The highest BCUT2D eigenvalue weighted by molar-refractivity contribution is 5.59. The summed E-state index contributed by atoms with van der Waals surface area (Å²) in [5.41, 5.74) is 3.00. The van der Waals surface area contributed by atoms with E-state index in [-0.39, 0.29) is 0 Å². The number of hydrogen-bond donors (Lipinski definition) is 0. The van der Waals surface area contributed by atoms with Crippen LogP contribution in [0.1, 0.15) is 17.5 Å². The first-order valence-electron chi connectivity index (χ1n) is 6.82. The average Bonchev–Trinajstić information content (AvgIpc) is 2.70. The predicted molar refractivity (Wildman–Crippen MR) is 78.8 cm³/mol. The SMILES string of the molecule is N#Cc1cccc(CN2CCCOc3ccccc32)c1. The maximum absolute atomic E-state index is 8.99. The standard InChI is InChI=1S/C17H16N2O/c18-12-14-5-3-6-15(11-14)13-19-9-4-10-20-17-8-2-1-7-16(17)19/h1-3,5-8,11H,4,9-10,13H2. The molecular formula is C17H16N2O. The molecule has 3 nitrogen and oxygen atoms in total. The van der Waals surface area contributed by atoms with Gasteiger partial charge in [-0.3, -0.25) is 0 Å². The van der Waals surface area contributed by atoms with E-state index in [2.05, 4.69) is 23.1 Å². The smallest absolute Gasteiger partial charge is 0.142 e. The summed E-state index contributed by atoms with van der Waals surface area (Å²) in [5, 5.41) is 8.99. The fourth-order valence-corrected chi connectivity index (χ4v) is 2.52. The second-order valence-electron chi connectivity index (χ2n) is 4.90. The highest BCUT2D eigenvalue weighted by Gasteiger charge is 2.15. The lowest BCUT2D eigenvalue weighted by molar-refractivity contribution is 0.322. The summed E-state index contributed by atoms with van der Waals surface area (Å²) in [6.07, 6.45) is 1.01. The molecular weight excluding hydrogens is 248 g/mol. The number of nitriles is 1. The van der Waals surface area contributed by atoms with Crippen LogP contribution in [0.25, 0.3) is 0 Å². The molecule has 0 aliphatic carbocycles. The molecule has 20 heavy (non-hydrogen) atoms. The topological polar surface area (TPSA) is 36.3 Å². The van der Waals surface area contributed by atoms with Crippen molar-refractivity contribution in [1.82, 2.24) is 0 Å². The largest absolute Gasteiger partial charge is 0.491 e. The zero-order valence-corrected chi connectivity index (χ0v) is 11.2. The Kier molecular flexibility index (Phi) is 3.56. The molecule has 100 valence electrons. The van der Waals surface area contributed by atoms with Gasteiger partial charge in [-0.1, -0.05) is 24.3 Å². The molecule has 2 aromatic carbocycles. The third-order valence-electron chi connectivity index (χ3n) is 3.47. The molecule has 0 bridgehead atoms. The fourth-order valence-electron chi connectivity index (χ4n) is 2.52. The molecule has 3 rings (SSSR count). The van der Waals surface area contributed by atoms with Crippen LogP contribution in [0.2, 0.25) is 0 Å². The quantitative estimate of drug-likeness (QED) is 0.834. The van der Waals surface area contributed by atoms with Crippen molar-refractivity contribution >= 4 is 5.69 Å². The normalized spacial score (nSPS) is 13.8. The van der Waals surface area contributed by atoms with Crippen LogP contribution in [0.4, 0.5) is 5.69 Å². The molecule has 3 heteroatoms. The number of benzene rings is 2. The van der Waals surface area contributed by atoms with Gasteiger partial charge >= 0.3 is 0 Å². The van der Waals surface area contributed by atoms with Crippen LogP contribution in [0, 0.1) is 11.3 Å². The van der Waals surface area contributed by atoms with Gasteiger partial charge in [-0.2, -0.15) is 5.26 Å². The molecule has 0 saturated carbocycles. The molecule has 0 unspecified atom stereocenters. The summed E-state index contributed by atoms with van der Waals surface area (Å²) < 4.78 is 5.77. The molecule has 0 spiro atoms. The van der Waals surface area contributed by atoms with Crippen molar-refractivity contribution in [1.29, 1.82) is 5.26 Å². The number of ether oxygens (including phenoxy) is 1. The van der Waals surface area contributed by atoms with Gasteiger partial charge in [0.15, 0.2) is 0 Å².